The minimum Gasteiger partial charge on any atom is -0.332 e. The zero-order chi connectivity index (χ0) is 19.3. The Balaban J connectivity index is 2.04. The van der Waals surface area contributed by atoms with Gasteiger partial charge in [0.1, 0.15) is 11.9 Å². The zero-order valence-corrected chi connectivity index (χ0v) is 15.0. The van der Waals surface area contributed by atoms with Gasteiger partial charge >= 0.3 is 0 Å². The number of nitrogens with one attached hydrogen (secondary N) is 1. The smallest absolute Gasteiger partial charge is 0.279 e. The molecule has 2 rings (SSSR count). The third-order valence-electron chi connectivity index (χ3n) is 4.24. The summed E-state index contributed by atoms with van der Waals surface area (Å²) >= 11 is 0. The highest BCUT2D eigenvalue weighted by atomic mass is 19.1. The number of rotatable bonds is 7. The van der Waals surface area contributed by atoms with Crippen LogP contribution < -0.4 is 10.6 Å². The Morgan fingerprint density at radius 1 is 1.23 bits per heavy atom. The van der Waals surface area contributed by atoms with E-state index < -0.39 is 4.92 Å². The summed E-state index contributed by atoms with van der Waals surface area (Å²) < 4.78 is 13.1. The standard InChI is InChI=1S/C19H22FN3O3/c1-12(2)19(14-5-7-15(20)8-6-14)21-11-18(24)22-17-10-16(23(25)26)9-4-13(17)3/h4-10,12,19,21H,11H2,1-3H3,(H,22,24)/p+1/t19-/m1/s1. The van der Waals surface area contributed by atoms with E-state index in [-0.39, 0.29) is 35.9 Å². The summed E-state index contributed by atoms with van der Waals surface area (Å²) in [6.07, 6.45) is 0. The predicted octanol–water partition coefficient (Wildman–Crippen LogP) is 2.94. The summed E-state index contributed by atoms with van der Waals surface area (Å²) in [5, 5.41) is 15.5. The van der Waals surface area contributed by atoms with Crippen LogP contribution in [0.15, 0.2) is 42.5 Å². The molecular weight excluding hydrogens is 337 g/mol. The number of quaternary nitrogens is 1. The van der Waals surface area contributed by atoms with E-state index in [0.717, 1.165) is 11.1 Å². The van der Waals surface area contributed by atoms with Gasteiger partial charge in [0.2, 0.25) is 0 Å². The zero-order valence-electron chi connectivity index (χ0n) is 15.0. The van der Waals surface area contributed by atoms with Gasteiger partial charge in [0, 0.05) is 23.6 Å². The molecule has 0 aliphatic heterocycles. The Labute approximate surface area is 151 Å². The third kappa shape index (κ3) is 5.10. The topological polar surface area (TPSA) is 88.9 Å². The largest absolute Gasteiger partial charge is 0.332 e. The average molecular weight is 360 g/mol. The maximum atomic E-state index is 13.1. The van der Waals surface area contributed by atoms with Crippen LogP contribution in [-0.4, -0.2) is 17.4 Å². The molecule has 0 saturated carbocycles. The molecule has 0 radical (unpaired) electrons. The molecule has 1 amide bonds. The van der Waals surface area contributed by atoms with Crippen molar-refractivity contribution in [1.82, 2.24) is 0 Å². The van der Waals surface area contributed by atoms with Crippen LogP contribution >= 0.6 is 0 Å². The molecule has 2 aromatic carbocycles. The molecule has 3 N–H and O–H groups in total. The number of halogens is 1. The molecule has 7 heteroatoms. The fourth-order valence-corrected chi connectivity index (χ4v) is 2.77. The predicted molar refractivity (Wildman–Crippen MR) is 97.2 cm³/mol. The van der Waals surface area contributed by atoms with E-state index in [9.17, 15) is 19.3 Å². The first kappa shape index (κ1) is 19.5. The highest BCUT2D eigenvalue weighted by Crippen LogP contribution is 2.22. The molecule has 0 spiro atoms. The van der Waals surface area contributed by atoms with Crippen LogP contribution in [0.5, 0.6) is 0 Å². The Morgan fingerprint density at radius 3 is 2.46 bits per heavy atom. The summed E-state index contributed by atoms with van der Waals surface area (Å²) in [6, 6.07) is 10.6. The number of nitro benzene ring substituents is 1. The molecule has 0 aliphatic carbocycles. The van der Waals surface area contributed by atoms with Crippen molar-refractivity contribution in [3.05, 3.63) is 69.5 Å². The van der Waals surface area contributed by atoms with Gasteiger partial charge < -0.3 is 10.6 Å². The van der Waals surface area contributed by atoms with Crippen molar-refractivity contribution in [2.24, 2.45) is 5.92 Å². The van der Waals surface area contributed by atoms with Crippen LogP contribution in [0.1, 0.15) is 31.0 Å². The number of carbonyl (C=O) groups excluding carboxylic acids is 1. The highest BCUT2D eigenvalue weighted by molar-refractivity contribution is 5.92. The van der Waals surface area contributed by atoms with E-state index in [2.05, 4.69) is 5.32 Å². The van der Waals surface area contributed by atoms with Crippen molar-refractivity contribution < 1.29 is 19.4 Å². The maximum absolute atomic E-state index is 13.1. The van der Waals surface area contributed by atoms with Gasteiger partial charge in [0.25, 0.3) is 11.6 Å². The van der Waals surface area contributed by atoms with Crippen LogP contribution in [0, 0.1) is 28.8 Å². The minimum absolute atomic E-state index is 0.00700. The summed E-state index contributed by atoms with van der Waals surface area (Å²) in [5.41, 5.74) is 2.06. The van der Waals surface area contributed by atoms with Gasteiger partial charge in [0.05, 0.1) is 10.6 Å². The number of carbonyl (C=O) groups is 1. The van der Waals surface area contributed by atoms with E-state index in [0.29, 0.717) is 5.69 Å². The molecule has 26 heavy (non-hydrogen) atoms. The summed E-state index contributed by atoms with van der Waals surface area (Å²) in [7, 11) is 0. The fraction of sp³-hybridized carbons (Fsp3) is 0.316. The second-order valence-electron chi connectivity index (χ2n) is 6.57. The molecule has 0 fully saturated rings. The van der Waals surface area contributed by atoms with Gasteiger partial charge in [-0.25, -0.2) is 4.39 Å². The van der Waals surface area contributed by atoms with Crippen molar-refractivity contribution in [1.29, 1.82) is 0 Å². The van der Waals surface area contributed by atoms with E-state index >= 15 is 0 Å². The molecule has 0 aliphatic rings. The first-order chi connectivity index (χ1) is 12.3. The molecule has 138 valence electrons. The van der Waals surface area contributed by atoms with Crippen molar-refractivity contribution >= 4 is 17.3 Å². The number of nitro groups is 1. The van der Waals surface area contributed by atoms with Crippen LogP contribution in [0.4, 0.5) is 15.8 Å². The molecule has 0 unspecified atom stereocenters. The summed E-state index contributed by atoms with van der Waals surface area (Å²) in [6.45, 7) is 6.00. The molecule has 2 aromatic rings. The number of benzene rings is 2. The lowest BCUT2D eigenvalue weighted by atomic mass is 9.96. The molecule has 1 atom stereocenters. The van der Waals surface area contributed by atoms with Gasteiger partial charge in [-0.05, 0) is 24.6 Å². The van der Waals surface area contributed by atoms with Crippen molar-refractivity contribution in [2.45, 2.75) is 26.8 Å². The normalized spacial score (nSPS) is 12.0. The van der Waals surface area contributed by atoms with E-state index in [1.807, 2.05) is 19.2 Å². The van der Waals surface area contributed by atoms with E-state index in [1.165, 1.54) is 24.3 Å². The Bertz CT molecular complexity index is 791. The van der Waals surface area contributed by atoms with Crippen LogP contribution in [0.25, 0.3) is 0 Å². The second-order valence-corrected chi connectivity index (χ2v) is 6.57. The molecule has 0 aromatic heterocycles. The van der Waals surface area contributed by atoms with Crippen LogP contribution in [0.2, 0.25) is 0 Å². The van der Waals surface area contributed by atoms with Crippen molar-refractivity contribution in [3.8, 4) is 0 Å². The molecule has 0 bridgehead atoms. The number of nitrogens with zero attached hydrogens (tertiary/aromatic N) is 1. The molecule has 6 nitrogen and oxygen atoms in total. The minimum atomic E-state index is -0.495. The SMILES string of the molecule is Cc1ccc([N+](=O)[O-])cc1NC(=O)C[NH2+][C@@H](c1ccc(F)cc1)C(C)C. The first-order valence-electron chi connectivity index (χ1n) is 8.41. The lowest BCUT2D eigenvalue weighted by Crippen LogP contribution is -2.88. The van der Waals surface area contributed by atoms with Gasteiger partial charge in [-0.2, -0.15) is 0 Å². The summed E-state index contributed by atoms with van der Waals surface area (Å²) in [4.78, 5) is 22.7. The number of amides is 1. The Hall–Kier alpha value is -2.80. The lowest BCUT2D eigenvalue weighted by Gasteiger charge is -2.19. The molecular formula is C19H23FN3O3+. The van der Waals surface area contributed by atoms with Gasteiger partial charge in [-0.3, -0.25) is 14.9 Å². The number of anilines is 1. The molecule has 0 saturated heterocycles. The quantitative estimate of drug-likeness (QED) is 0.588. The average Bonchev–Trinajstić information content (AvgIpc) is 2.58. The van der Waals surface area contributed by atoms with Gasteiger partial charge in [0.15, 0.2) is 6.54 Å². The molecule has 0 heterocycles. The highest BCUT2D eigenvalue weighted by Gasteiger charge is 2.21. The van der Waals surface area contributed by atoms with Crippen molar-refractivity contribution in [2.75, 3.05) is 11.9 Å². The number of hydrogen-bond acceptors (Lipinski definition) is 3. The lowest BCUT2D eigenvalue weighted by molar-refractivity contribution is -0.692. The van der Waals surface area contributed by atoms with Gasteiger partial charge in [-0.1, -0.05) is 32.0 Å². The number of hydrogen-bond donors (Lipinski definition) is 2. The van der Waals surface area contributed by atoms with Gasteiger partial charge in [-0.15, -0.1) is 0 Å². The van der Waals surface area contributed by atoms with E-state index in [4.69, 9.17) is 0 Å². The Morgan fingerprint density at radius 2 is 1.88 bits per heavy atom. The summed E-state index contributed by atoms with van der Waals surface area (Å²) in [5.74, 6) is -0.302. The van der Waals surface area contributed by atoms with Crippen molar-refractivity contribution in [3.63, 3.8) is 0 Å². The fourth-order valence-electron chi connectivity index (χ4n) is 2.77. The first-order valence-corrected chi connectivity index (χ1v) is 8.41. The Kier molecular flexibility index (Phi) is 6.41. The number of non-ortho nitro benzene ring substituents is 1. The maximum Gasteiger partial charge on any atom is 0.279 e. The van der Waals surface area contributed by atoms with Crippen LogP contribution in [0.3, 0.4) is 0 Å². The number of aryl methyl sites for hydroxylation is 1. The van der Waals surface area contributed by atoms with E-state index in [1.54, 1.807) is 25.1 Å². The monoisotopic (exact) mass is 360 g/mol. The second kappa shape index (κ2) is 8.53. The third-order valence-corrected chi connectivity index (χ3v) is 4.24. The van der Waals surface area contributed by atoms with Crippen LogP contribution in [-0.2, 0) is 4.79 Å². The number of nitrogens with two attached hydrogens (primary N) is 1.